The summed E-state index contributed by atoms with van der Waals surface area (Å²) in [4.78, 5) is 11.4. The molecule has 24 heavy (non-hydrogen) atoms. The topological polar surface area (TPSA) is 97.0 Å². The first-order valence-electron chi connectivity index (χ1n) is 7.07. The minimum absolute atomic E-state index is 0.150. The van der Waals surface area contributed by atoms with Gasteiger partial charge in [-0.25, -0.2) is 15.4 Å². The van der Waals surface area contributed by atoms with Crippen LogP contribution in [-0.4, -0.2) is 23.4 Å². The van der Waals surface area contributed by atoms with Crippen LogP contribution in [0.4, 0.5) is 5.69 Å². The van der Waals surface area contributed by atoms with Crippen LogP contribution < -0.4 is 5.48 Å². The van der Waals surface area contributed by atoms with Gasteiger partial charge in [0.1, 0.15) is 17.2 Å². The van der Waals surface area contributed by atoms with Crippen LogP contribution in [0.5, 0.6) is 0 Å². The average molecular weight is 367 g/mol. The van der Waals surface area contributed by atoms with Gasteiger partial charge in [0.05, 0.1) is 5.69 Å². The molecule has 3 rings (SSSR count). The zero-order valence-corrected chi connectivity index (χ0v) is 14.6. The molecule has 0 atom stereocenters. The molecule has 0 saturated heterocycles. The van der Waals surface area contributed by atoms with Crippen molar-refractivity contribution in [3.8, 4) is 0 Å². The predicted octanol–water partition coefficient (Wildman–Crippen LogP) is 3.10. The van der Waals surface area contributed by atoms with Gasteiger partial charge < -0.3 is 4.98 Å². The average Bonchev–Trinajstić information content (AvgIpc) is 2.79. The standard InChI is InChI=1S/C15H15ClN4O3S/c1-9-10(2)18-15-13(9)7-17-14(19-15)8-24(21,22)23-20-12-5-3-4-11(16)6-12/h3-7,20H,8H2,1-2H3,(H,17,18,19). The van der Waals surface area contributed by atoms with Gasteiger partial charge in [0.15, 0.2) is 0 Å². The van der Waals surface area contributed by atoms with E-state index in [1.54, 1.807) is 30.5 Å². The fraction of sp³-hybridized carbons (Fsp3) is 0.200. The second-order valence-corrected chi connectivity index (χ2v) is 7.33. The van der Waals surface area contributed by atoms with Crippen LogP contribution in [0.2, 0.25) is 5.02 Å². The fourth-order valence-electron chi connectivity index (χ4n) is 2.18. The molecule has 0 saturated carbocycles. The fourth-order valence-corrected chi connectivity index (χ4v) is 3.11. The molecule has 9 heteroatoms. The lowest BCUT2D eigenvalue weighted by Crippen LogP contribution is -2.15. The van der Waals surface area contributed by atoms with Crippen molar-refractivity contribution < 1.29 is 12.7 Å². The first-order chi connectivity index (χ1) is 11.3. The number of nitrogens with one attached hydrogen (secondary N) is 2. The van der Waals surface area contributed by atoms with Crippen LogP contribution in [0.15, 0.2) is 30.5 Å². The van der Waals surface area contributed by atoms with Gasteiger partial charge in [-0.2, -0.15) is 12.7 Å². The zero-order chi connectivity index (χ0) is 17.3. The normalized spacial score (nSPS) is 11.8. The number of H-pyrrole nitrogens is 1. The van der Waals surface area contributed by atoms with Crippen molar-refractivity contribution in [1.82, 2.24) is 15.0 Å². The van der Waals surface area contributed by atoms with Gasteiger partial charge in [-0.3, -0.25) is 0 Å². The number of hydrogen-bond donors (Lipinski definition) is 2. The van der Waals surface area contributed by atoms with E-state index in [0.717, 1.165) is 16.6 Å². The summed E-state index contributed by atoms with van der Waals surface area (Å²) < 4.78 is 28.9. The summed E-state index contributed by atoms with van der Waals surface area (Å²) in [5, 5.41) is 1.33. The van der Waals surface area contributed by atoms with Gasteiger partial charge in [0, 0.05) is 22.3 Å². The van der Waals surface area contributed by atoms with Crippen molar-refractivity contribution in [2.75, 3.05) is 5.48 Å². The molecule has 0 aliphatic carbocycles. The molecule has 2 aromatic heterocycles. The van der Waals surface area contributed by atoms with Gasteiger partial charge in [0.25, 0.3) is 10.1 Å². The maximum atomic E-state index is 12.1. The minimum atomic E-state index is -3.91. The molecule has 0 spiro atoms. The molecule has 0 fully saturated rings. The van der Waals surface area contributed by atoms with Crippen LogP contribution in [0.25, 0.3) is 11.0 Å². The van der Waals surface area contributed by atoms with E-state index in [-0.39, 0.29) is 5.82 Å². The summed E-state index contributed by atoms with van der Waals surface area (Å²) >= 11 is 5.83. The highest BCUT2D eigenvalue weighted by molar-refractivity contribution is 7.85. The first kappa shape index (κ1) is 16.7. The molecule has 0 amide bonds. The van der Waals surface area contributed by atoms with Gasteiger partial charge in [0.2, 0.25) is 0 Å². The maximum absolute atomic E-state index is 12.1. The monoisotopic (exact) mass is 366 g/mol. The Balaban J connectivity index is 1.74. The molecule has 3 aromatic rings. The van der Waals surface area contributed by atoms with Crippen LogP contribution >= 0.6 is 11.6 Å². The molecule has 7 nitrogen and oxygen atoms in total. The largest absolute Gasteiger partial charge is 0.343 e. The summed E-state index contributed by atoms with van der Waals surface area (Å²) in [7, 11) is -3.91. The number of rotatable bonds is 5. The van der Waals surface area contributed by atoms with E-state index >= 15 is 0 Å². The molecule has 2 N–H and O–H groups in total. The number of aromatic amines is 1. The third-order valence-corrected chi connectivity index (χ3v) is 4.71. The Hall–Kier alpha value is -2.16. The summed E-state index contributed by atoms with van der Waals surface area (Å²) in [5.74, 6) is -0.301. The lowest BCUT2D eigenvalue weighted by atomic mass is 10.2. The molecule has 0 bridgehead atoms. The van der Waals surface area contributed by atoms with E-state index in [0.29, 0.717) is 16.4 Å². The second-order valence-electron chi connectivity index (χ2n) is 5.32. The van der Waals surface area contributed by atoms with Crippen molar-refractivity contribution in [2.45, 2.75) is 19.6 Å². The van der Waals surface area contributed by atoms with Gasteiger partial charge in [-0.15, -0.1) is 0 Å². The molecule has 0 aliphatic heterocycles. The summed E-state index contributed by atoms with van der Waals surface area (Å²) in [5.41, 5.74) is 5.40. The summed E-state index contributed by atoms with van der Waals surface area (Å²) in [6.07, 6.45) is 1.61. The van der Waals surface area contributed by atoms with Crippen molar-refractivity contribution in [3.05, 3.63) is 52.6 Å². The number of hydrogen-bond acceptors (Lipinski definition) is 6. The number of aryl methyl sites for hydroxylation is 2. The Morgan fingerprint density at radius 3 is 2.88 bits per heavy atom. The number of nitrogens with zero attached hydrogens (tertiary/aromatic N) is 2. The number of benzene rings is 1. The SMILES string of the molecule is Cc1[nH]c2nc(CS(=O)(=O)ONc3cccc(Cl)c3)ncc2c1C. The summed E-state index contributed by atoms with van der Waals surface area (Å²) in [6.45, 7) is 3.87. The Morgan fingerprint density at radius 1 is 1.33 bits per heavy atom. The van der Waals surface area contributed by atoms with Gasteiger partial charge in [-0.05, 0) is 37.6 Å². The maximum Gasteiger partial charge on any atom is 0.295 e. The Morgan fingerprint density at radius 2 is 2.12 bits per heavy atom. The Kier molecular flexibility index (Phi) is 4.44. The number of halogens is 1. The van der Waals surface area contributed by atoms with Crippen LogP contribution in [-0.2, 0) is 20.2 Å². The van der Waals surface area contributed by atoms with E-state index in [1.807, 2.05) is 13.8 Å². The van der Waals surface area contributed by atoms with E-state index in [2.05, 4.69) is 20.4 Å². The Bertz CT molecular complexity index is 1000. The molecule has 126 valence electrons. The highest BCUT2D eigenvalue weighted by Gasteiger charge is 2.17. The predicted molar refractivity (Wildman–Crippen MR) is 92.1 cm³/mol. The van der Waals surface area contributed by atoms with Gasteiger partial charge >= 0.3 is 0 Å². The number of fused-ring (bicyclic) bond motifs is 1. The minimum Gasteiger partial charge on any atom is -0.343 e. The van der Waals surface area contributed by atoms with Crippen LogP contribution in [0.1, 0.15) is 17.1 Å². The van der Waals surface area contributed by atoms with Gasteiger partial charge in [-0.1, -0.05) is 17.7 Å². The van der Waals surface area contributed by atoms with Crippen LogP contribution in [0, 0.1) is 13.8 Å². The number of aromatic nitrogens is 3. The zero-order valence-electron chi connectivity index (χ0n) is 13.0. The number of anilines is 1. The van der Waals surface area contributed by atoms with Crippen molar-refractivity contribution in [1.29, 1.82) is 0 Å². The first-order valence-corrected chi connectivity index (χ1v) is 9.03. The lowest BCUT2D eigenvalue weighted by Gasteiger charge is -2.07. The third-order valence-electron chi connectivity index (χ3n) is 3.53. The van der Waals surface area contributed by atoms with E-state index in [4.69, 9.17) is 15.9 Å². The molecule has 0 radical (unpaired) electrons. The van der Waals surface area contributed by atoms with E-state index < -0.39 is 15.9 Å². The smallest absolute Gasteiger partial charge is 0.295 e. The highest BCUT2D eigenvalue weighted by Crippen LogP contribution is 2.19. The van der Waals surface area contributed by atoms with E-state index in [1.165, 1.54) is 0 Å². The van der Waals surface area contributed by atoms with Crippen LogP contribution in [0.3, 0.4) is 0 Å². The van der Waals surface area contributed by atoms with Crippen molar-refractivity contribution in [3.63, 3.8) is 0 Å². The molecule has 0 aliphatic rings. The molecule has 2 heterocycles. The third kappa shape index (κ3) is 3.66. The summed E-state index contributed by atoms with van der Waals surface area (Å²) in [6, 6.07) is 6.52. The molecular weight excluding hydrogens is 352 g/mol. The molecule has 0 unspecified atom stereocenters. The van der Waals surface area contributed by atoms with Crippen molar-refractivity contribution in [2.24, 2.45) is 0 Å². The second kappa shape index (κ2) is 6.39. The van der Waals surface area contributed by atoms with Crippen molar-refractivity contribution >= 4 is 38.4 Å². The Labute approximate surface area is 144 Å². The lowest BCUT2D eigenvalue weighted by molar-refractivity contribution is 0.389. The molecular formula is C15H15ClN4O3S. The highest BCUT2D eigenvalue weighted by atomic mass is 35.5. The van der Waals surface area contributed by atoms with E-state index in [9.17, 15) is 8.42 Å². The quantitative estimate of drug-likeness (QED) is 0.673. The molecule has 1 aromatic carbocycles.